The number of hydrogen-bond donors (Lipinski definition) is 3. The van der Waals surface area contributed by atoms with Gasteiger partial charge in [0.2, 0.25) is 11.8 Å². The van der Waals surface area contributed by atoms with Gasteiger partial charge < -0.3 is 20.7 Å². The molecule has 1 saturated carbocycles. The van der Waals surface area contributed by atoms with Crippen LogP contribution < -0.4 is 20.7 Å². The van der Waals surface area contributed by atoms with Crippen molar-refractivity contribution in [1.29, 1.82) is 0 Å². The highest BCUT2D eigenvalue weighted by molar-refractivity contribution is 5.90. The topological polar surface area (TPSA) is 105 Å². The number of carbonyl (C=O) groups excluding carboxylic acids is 2. The number of aromatic nitrogens is 2. The Morgan fingerprint density at radius 3 is 2.73 bits per heavy atom. The number of ether oxygens (including phenoxy) is 1. The molecule has 8 nitrogen and oxygen atoms in total. The van der Waals surface area contributed by atoms with Gasteiger partial charge in [-0.1, -0.05) is 0 Å². The second-order valence-corrected chi connectivity index (χ2v) is 5.55. The van der Waals surface area contributed by atoms with Crippen LogP contribution in [0.15, 0.2) is 18.6 Å². The molecule has 1 aliphatic carbocycles. The Kier molecular flexibility index (Phi) is 4.36. The number of amides is 3. The Bertz CT molecular complexity index is 531. The van der Waals surface area contributed by atoms with Crippen LogP contribution in [-0.2, 0) is 4.79 Å². The van der Waals surface area contributed by atoms with Gasteiger partial charge in [0.1, 0.15) is 12.1 Å². The third kappa shape index (κ3) is 3.63. The molecule has 2 aliphatic rings. The molecule has 1 aromatic heterocycles. The van der Waals surface area contributed by atoms with Gasteiger partial charge in [0, 0.05) is 25.0 Å². The average Bonchev–Trinajstić information content (AvgIpc) is 2.97. The van der Waals surface area contributed by atoms with Crippen molar-refractivity contribution in [3.05, 3.63) is 18.6 Å². The van der Waals surface area contributed by atoms with Crippen LogP contribution >= 0.6 is 0 Å². The summed E-state index contributed by atoms with van der Waals surface area (Å²) in [5.41, 5.74) is 0. The molecule has 1 unspecified atom stereocenters. The van der Waals surface area contributed by atoms with Crippen molar-refractivity contribution in [2.75, 3.05) is 6.54 Å². The van der Waals surface area contributed by atoms with Crippen molar-refractivity contribution in [3.8, 4) is 5.88 Å². The number of nitrogens with zero attached hydrogens (tertiary/aromatic N) is 2. The number of nitrogens with one attached hydrogen (secondary N) is 3. The smallest absolute Gasteiger partial charge is 0.315 e. The minimum Gasteiger partial charge on any atom is -0.473 e. The van der Waals surface area contributed by atoms with Crippen LogP contribution in [0.25, 0.3) is 0 Å². The molecule has 3 rings (SSSR count). The van der Waals surface area contributed by atoms with E-state index in [4.69, 9.17) is 4.74 Å². The van der Waals surface area contributed by atoms with E-state index in [-0.39, 0.29) is 24.1 Å². The second-order valence-electron chi connectivity index (χ2n) is 5.55. The Labute approximate surface area is 128 Å². The summed E-state index contributed by atoms with van der Waals surface area (Å²) in [4.78, 5) is 31.1. The van der Waals surface area contributed by atoms with E-state index < -0.39 is 6.04 Å². The lowest BCUT2D eigenvalue weighted by atomic mass is 9.92. The lowest BCUT2D eigenvalue weighted by Gasteiger charge is -2.29. The van der Waals surface area contributed by atoms with Gasteiger partial charge in [0.25, 0.3) is 0 Å². The van der Waals surface area contributed by atoms with Gasteiger partial charge in [-0.2, -0.15) is 0 Å². The van der Waals surface area contributed by atoms with E-state index in [9.17, 15) is 9.59 Å². The third-order valence-electron chi connectivity index (χ3n) is 3.94. The largest absolute Gasteiger partial charge is 0.473 e. The van der Waals surface area contributed by atoms with E-state index in [0.29, 0.717) is 12.4 Å². The molecule has 3 N–H and O–H groups in total. The molecule has 2 heterocycles. The van der Waals surface area contributed by atoms with Crippen molar-refractivity contribution in [3.63, 3.8) is 0 Å². The first-order valence-corrected chi connectivity index (χ1v) is 7.48. The predicted octanol–water partition coefficient (Wildman–Crippen LogP) is -0.0358. The molecular formula is C14H19N5O3. The van der Waals surface area contributed by atoms with E-state index in [1.54, 1.807) is 18.6 Å². The quantitative estimate of drug-likeness (QED) is 0.724. The molecule has 1 aromatic rings. The molecule has 1 aliphatic heterocycles. The van der Waals surface area contributed by atoms with Crippen LogP contribution in [0.1, 0.15) is 25.7 Å². The summed E-state index contributed by atoms with van der Waals surface area (Å²) < 4.78 is 5.77. The van der Waals surface area contributed by atoms with Crippen LogP contribution in [-0.4, -0.2) is 46.6 Å². The Hall–Kier alpha value is -2.38. The highest BCUT2D eigenvalue weighted by atomic mass is 16.5. The Balaban J connectivity index is 1.42. The number of rotatable bonds is 4. The first-order valence-electron chi connectivity index (χ1n) is 7.48. The zero-order valence-corrected chi connectivity index (χ0v) is 12.1. The summed E-state index contributed by atoms with van der Waals surface area (Å²) in [5, 5.41) is 8.15. The predicted molar refractivity (Wildman–Crippen MR) is 77.2 cm³/mol. The van der Waals surface area contributed by atoms with E-state index in [2.05, 4.69) is 25.9 Å². The van der Waals surface area contributed by atoms with Gasteiger partial charge in [-0.3, -0.25) is 9.78 Å². The maximum absolute atomic E-state index is 12.0. The fraction of sp³-hybridized carbons (Fsp3) is 0.571. The van der Waals surface area contributed by atoms with Gasteiger partial charge in [-0.15, -0.1) is 0 Å². The molecule has 0 radical (unpaired) electrons. The van der Waals surface area contributed by atoms with Gasteiger partial charge >= 0.3 is 6.03 Å². The summed E-state index contributed by atoms with van der Waals surface area (Å²) in [6, 6.07) is -0.631. The van der Waals surface area contributed by atoms with E-state index in [1.165, 1.54) is 0 Å². The van der Waals surface area contributed by atoms with Crippen LogP contribution in [0.4, 0.5) is 4.79 Å². The van der Waals surface area contributed by atoms with E-state index in [0.717, 1.165) is 25.7 Å². The molecule has 1 atom stereocenters. The Morgan fingerprint density at radius 1 is 1.27 bits per heavy atom. The molecular weight excluding hydrogens is 286 g/mol. The van der Waals surface area contributed by atoms with Gasteiger partial charge in [-0.25, -0.2) is 9.78 Å². The lowest BCUT2D eigenvalue weighted by molar-refractivity contribution is -0.123. The van der Waals surface area contributed by atoms with Crippen LogP contribution in [0, 0.1) is 0 Å². The molecule has 0 bridgehead atoms. The minimum absolute atomic E-state index is 0.109. The third-order valence-corrected chi connectivity index (χ3v) is 3.94. The molecule has 3 amide bonds. The van der Waals surface area contributed by atoms with Crippen molar-refractivity contribution >= 4 is 11.9 Å². The van der Waals surface area contributed by atoms with Gasteiger partial charge in [0.05, 0.1) is 6.20 Å². The fourth-order valence-electron chi connectivity index (χ4n) is 2.76. The van der Waals surface area contributed by atoms with Crippen LogP contribution in [0.3, 0.4) is 0 Å². The minimum atomic E-state index is -0.471. The molecule has 2 fully saturated rings. The van der Waals surface area contributed by atoms with Gasteiger partial charge in [0.15, 0.2) is 0 Å². The number of carbonyl (C=O) groups is 2. The lowest BCUT2D eigenvalue weighted by Crippen LogP contribution is -2.48. The highest BCUT2D eigenvalue weighted by Gasteiger charge is 2.30. The number of urea groups is 1. The van der Waals surface area contributed by atoms with Crippen LogP contribution in [0.5, 0.6) is 5.88 Å². The summed E-state index contributed by atoms with van der Waals surface area (Å²) in [5.74, 6) is 0.409. The summed E-state index contributed by atoms with van der Waals surface area (Å²) in [6.45, 7) is 0.343. The zero-order valence-electron chi connectivity index (χ0n) is 12.1. The number of hydrogen-bond acceptors (Lipinski definition) is 5. The summed E-state index contributed by atoms with van der Waals surface area (Å²) in [6.07, 6.45) is 8.34. The molecule has 0 aromatic carbocycles. The monoisotopic (exact) mass is 305 g/mol. The second kappa shape index (κ2) is 6.59. The molecule has 0 spiro atoms. The maximum atomic E-state index is 12.0. The summed E-state index contributed by atoms with van der Waals surface area (Å²) >= 11 is 0. The highest BCUT2D eigenvalue weighted by Crippen LogP contribution is 2.22. The van der Waals surface area contributed by atoms with Gasteiger partial charge in [-0.05, 0) is 25.7 Å². The molecule has 118 valence electrons. The normalized spacial score (nSPS) is 27.6. The first-order chi connectivity index (χ1) is 10.7. The zero-order chi connectivity index (χ0) is 15.4. The van der Waals surface area contributed by atoms with Crippen molar-refractivity contribution in [1.82, 2.24) is 25.9 Å². The molecule has 22 heavy (non-hydrogen) atoms. The average molecular weight is 305 g/mol. The maximum Gasteiger partial charge on any atom is 0.315 e. The van der Waals surface area contributed by atoms with Crippen molar-refractivity contribution < 1.29 is 14.3 Å². The van der Waals surface area contributed by atoms with E-state index in [1.807, 2.05) is 0 Å². The first kappa shape index (κ1) is 14.6. The summed E-state index contributed by atoms with van der Waals surface area (Å²) in [7, 11) is 0. The van der Waals surface area contributed by atoms with E-state index >= 15 is 0 Å². The van der Waals surface area contributed by atoms with Crippen molar-refractivity contribution in [2.45, 2.75) is 43.9 Å². The van der Waals surface area contributed by atoms with Crippen molar-refractivity contribution in [2.24, 2.45) is 0 Å². The molecule has 8 heteroatoms. The van der Waals surface area contributed by atoms with Crippen LogP contribution in [0.2, 0.25) is 0 Å². The fourth-order valence-corrected chi connectivity index (χ4v) is 2.76. The SMILES string of the molecule is O=C1NCC(C(=O)NC2CCC(Oc3cnccn3)CC2)N1. The standard InChI is InChI=1S/C14H19N5O3/c20-13(11-7-17-14(21)19-11)18-9-1-3-10(4-2-9)22-12-8-15-5-6-16-12/h5-6,8-11H,1-4,7H2,(H,18,20)(H2,17,19,21). The molecule has 1 saturated heterocycles. The Morgan fingerprint density at radius 2 is 2.09 bits per heavy atom.